The van der Waals surface area contributed by atoms with Crippen LogP contribution < -0.4 is 16.7 Å². The van der Waals surface area contributed by atoms with Crippen LogP contribution in [0.25, 0.3) is 11.0 Å². The molecule has 1 aromatic heterocycles. The maximum absolute atomic E-state index is 11.9. The first-order valence-electron chi connectivity index (χ1n) is 5.98. The van der Waals surface area contributed by atoms with Gasteiger partial charge in [-0.05, 0) is 34.5 Å². The fourth-order valence-corrected chi connectivity index (χ4v) is 2.20. The van der Waals surface area contributed by atoms with E-state index in [0.717, 1.165) is 0 Å². The predicted octanol–water partition coefficient (Wildman–Crippen LogP) is 0.921. The van der Waals surface area contributed by atoms with Crippen molar-refractivity contribution < 1.29 is 9.53 Å². The molecule has 1 amide bonds. The van der Waals surface area contributed by atoms with Gasteiger partial charge >= 0.3 is 5.69 Å². The number of hydrogen-bond acceptors (Lipinski definition) is 4. The Balaban J connectivity index is 2.18. The van der Waals surface area contributed by atoms with Crippen molar-refractivity contribution in [1.29, 1.82) is 0 Å². The summed E-state index contributed by atoms with van der Waals surface area (Å²) >= 11 is 3.34. The van der Waals surface area contributed by atoms with Gasteiger partial charge in [-0.25, -0.2) is 4.79 Å². The number of carbonyl (C=O) groups is 1. The lowest BCUT2D eigenvalue weighted by molar-refractivity contribution is -0.117. The summed E-state index contributed by atoms with van der Waals surface area (Å²) in [6, 6.07) is 2.73. The van der Waals surface area contributed by atoms with Crippen molar-refractivity contribution in [2.24, 2.45) is 5.73 Å². The van der Waals surface area contributed by atoms with Gasteiger partial charge in [0.25, 0.3) is 0 Å². The SMILES string of the molecule is COCCC(N)C(=O)Nc1cc2[nH]c(=O)[nH]c2cc1Br. The van der Waals surface area contributed by atoms with Crippen LogP contribution in [0.15, 0.2) is 21.4 Å². The first-order chi connectivity index (χ1) is 9.51. The fourth-order valence-electron chi connectivity index (χ4n) is 1.75. The van der Waals surface area contributed by atoms with Crippen molar-refractivity contribution in [2.45, 2.75) is 12.5 Å². The zero-order valence-corrected chi connectivity index (χ0v) is 12.4. The summed E-state index contributed by atoms with van der Waals surface area (Å²) in [4.78, 5) is 28.4. The lowest BCUT2D eigenvalue weighted by Gasteiger charge is -2.13. The molecule has 0 aliphatic heterocycles. The molecule has 0 saturated heterocycles. The van der Waals surface area contributed by atoms with Crippen molar-refractivity contribution in [1.82, 2.24) is 9.97 Å². The number of imidazole rings is 1. The zero-order chi connectivity index (χ0) is 14.7. The molecule has 0 bridgehead atoms. The summed E-state index contributed by atoms with van der Waals surface area (Å²) in [5, 5.41) is 2.72. The second-order valence-electron chi connectivity index (χ2n) is 4.33. The molecule has 0 aliphatic rings. The van der Waals surface area contributed by atoms with Gasteiger partial charge in [-0.3, -0.25) is 4.79 Å². The number of rotatable bonds is 5. The van der Waals surface area contributed by atoms with Crippen molar-refractivity contribution in [2.75, 3.05) is 19.0 Å². The Morgan fingerprint density at radius 3 is 2.75 bits per heavy atom. The number of aromatic amines is 2. The van der Waals surface area contributed by atoms with Crippen molar-refractivity contribution >= 4 is 38.6 Å². The van der Waals surface area contributed by atoms with Crippen molar-refractivity contribution in [3.8, 4) is 0 Å². The number of benzene rings is 1. The van der Waals surface area contributed by atoms with Crippen LogP contribution in [0.4, 0.5) is 5.69 Å². The zero-order valence-electron chi connectivity index (χ0n) is 10.8. The number of hydrogen-bond donors (Lipinski definition) is 4. The molecule has 1 unspecified atom stereocenters. The number of ether oxygens (including phenoxy) is 1. The minimum Gasteiger partial charge on any atom is -0.385 e. The van der Waals surface area contributed by atoms with Crippen LogP contribution in [0.1, 0.15) is 6.42 Å². The molecule has 0 aliphatic carbocycles. The molecule has 8 heteroatoms. The van der Waals surface area contributed by atoms with Crippen LogP contribution >= 0.6 is 15.9 Å². The van der Waals surface area contributed by atoms with Gasteiger partial charge in [0.05, 0.1) is 22.8 Å². The number of anilines is 1. The Morgan fingerprint density at radius 1 is 1.45 bits per heavy atom. The lowest BCUT2D eigenvalue weighted by atomic mass is 10.2. The number of amides is 1. The van der Waals surface area contributed by atoms with Crippen LogP contribution in [-0.4, -0.2) is 35.6 Å². The number of halogens is 1. The monoisotopic (exact) mass is 342 g/mol. The summed E-state index contributed by atoms with van der Waals surface area (Å²) in [6.45, 7) is 0.417. The highest BCUT2D eigenvalue weighted by molar-refractivity contribution is 9.10. The molecule has 108 valence electrons. The average Bonchev–Trinajstić information content (AvgIpc) is 2.75. The number of aromatic nitrogens is 2. The van der Waals surface area contributed by atoms with E-state index < -0.39 is 6.04 Å². The highest BCUT2D eigenvalue weighted by Gasteiger charge is 2.15. The van der Waals surface area contributed by atoms with E-state index in [2.05, 4.69) is 31.2 Å². The number of methoxy groups -OCH3 is 1. The molecule has 1 aromatic carbocycles. The Bertz CT molecular complexity index is 679. The van der Waals surface area contributed by atoms with E-state index in [4.69, 9.17) is 10.5 Å². The summed E-state index contributed by atoms with van der Waals surface area (Å²) in [7, 11) is 1.55. The standard InChI is InChI=1S/C12H15BrN4O3/c1-20-3-2-7(14)11(18)15-8-5-10-9(4-6(8)13)16-12(19)17-10/h4-5,7H,2-3,14H2,1H3,(H,15,18)(H2,16,17,19). The number of H-pyrrole nitrogens is 2. The molecule has 0 spiro atoms. The maximum atomic E-state index is 11.9. The van der Waals surface area contributed by atoms with E-state index >= 15 is 0 Å². The van der Waals surface area contributed by atoms with Gasteiger partial charge in [0, 0.05) is 18.2 Å². The molecule has 5 N–H and O–H groups in total. The molecule has 2 aromatic rings. The van der Waals surface area contributed by atoms with Gasteiger partial charge in [-0.15, -0.1) is 0 Å². The maximum Gasteiger partial charge on any atom is 0.323 e. The highest BCUT2D eigenvalue weighted by atomic mass is 79.9. The molecule has 1 atom stereocenters. The Hall–Kier alpha value is -1.64. The topological polar surface area (TPSA) is 113 Å². The van der Waals surface area contributed by atoms with Crippen LogP contribution in [0.5, 0.6) is 0 Å². The molecular weight excluding hydrogens is 328 g/mol. The molecule has 7 nitrogen and oxygen atoms in total. The Kier molecular flexibility index (Phi) is 4.58. The molecule has 0 fully saturated rings. The third kappa shape index (κ3) is 3.27. The second-order valence-corrected chi connectivity index (χ2v) is 5.19. The molecule has 20 heavy (non-hydrogen) atoms. The van der Waals surface area contributed by atoms with Gasteiger partial charge in [-0.2, -0.15) is 0 Å². The first-order valence-corrected chi connectivity index (χ1v) is 6.77. The van der Waals surface area contributed by atoms with E-state index in [1.54, 1.807) is 19.2 Å². The van der Waals surface area contributed by atoms with E-state index in [0.29, 0.717) is 34.2 Å². The van der Waals surface area contributed by atoms with Gasteiger partial charge in [0.1, 0.15) is 0 Å². The number of nitrogens with two attached hydrogens (primary N) is 1. The number of fused-ring (bicyclic) bond motifs is 1. The van der Waals surface area contributed by atoms with Gasteiger partial charge in [0.15, 0.2) is 0 Å². The average molecular weight is 343 g/mol. The normalized spacial score (nSPS) is 12.6. The minimum atomic E-state index is -0.650. The van der Waals surface area contributed by atoms with E-state index in [1.165, 1.54) is 0 Å². The highest BCUT2D eigenvalue weighted by Crippen LogP contribution is 2.26. The third-order valence-corrected chi connectivity index (χ3v) is 3.49. The Labute approximate surface area is 123 Å². The molecule has 1 heterocycles. The summed E-state index contributed by atoms with van der Waals surface area (Å²) in [5.41, 5.74) is 7.26. The molecule has 0 saturated carbocycles. The van der Waals surface area contributed by atoms with Crippen molar-refractivity contribution in [3.63, 3.8) is 0 Å². The smallest absolute Gasteiger partial charge is 0.323 e. The van der Waals surface area contributed by atoms with Crippen LogP contribution in [-0.2, 0) is 9.53 Å². The van der Waals surface area contributed by atoms with Gasteiger partial charge < -0.3 is 25.8 Å². The fraction of sp³-hybridized carbons (Fsp3) is 0.333. The van der Waals surface area contributed by atoms with Crippen molar-refractivity contribution in [3.05, 3.63) is 27.1 Å². The minimum absolute atomic E-state index is 0.299. The molecule has 2 rings (SSSR count). The van der Waals surface area contributed by atoms with E-state index in [-0.39, 0.29) is 11.6 Å². The number of nitrogens with one attached hydrogen (secondary N) is 3. The molecular formula is C12H15BrN4O3. The van der Waals surface area contributed by atoms with Gasteiger partial charge in [-0.1, -0.05) is 0 Å². The summed E-state index contributed by atoms with van der Waals surface area (Å²) < 4.78 is 5.54. The first kappa shape index (κ1) is 14.8. The summed E-state index contributed by atoms with van der Waals surface area (Å²) in [5.74, 6) is -0.306. The quantitative estimate of drug-likeness (QED) is 0.647. The predicted molar refractivity (Wildman–Crippen MR) is 79.7 cm³/mol. The van der Waals surface area contributed by atoms with E-state index in [1.807, 2.05) is 0 Å². The van der Waals surface area contributed by atoms with Crippen LogP contribution in [0, 0.1) is 0 Å². The largest absolute Gasteiger partial charge is 0.385 e. The van der Waals surface area contributed by atoms with Gasteiger partial charge in [0.2, 0.25) is 5.91 Å². The summed E-state index contributed by atoms with van der Waals surface area (Å²) in [6.07, 6.45) is 0.434. The van der Waals surface area contributed by atoms with Crippen LogP contribution in [0.3, 0.4) is 0 Å². The third-order valence-electron chi connectivity index (χ3n) is 2.83. The molecule has 0 radical (unpaired) electrons. The lowest BCUT2D eigenvalue weighted by Crippen LogP contribution is -2.36. The Morgan fingerprint density at radius 2 is 2.10 bits per heavy atom. The second kappa shape index (κ2) is 6.21. The number of carbonyl (C=O) groups excluding carboxylic acids is 1. The van der Waals surface area contributed by atoms with Crippen LogP contribution in [0.2, 0.25) is 0 Å². The van der Waals surface area contributed by atoms with E-state index in [9.17, 15) is 9.59 Å².